The van der Waals surface area contributed by atoms with Gasteiger partial charge in [0, 0.05) is 16.8 Å². The highest BCUT2D eigenvalue weighted by Gasteiger charge is 2.42. The largest absolute Gasteiger partial charge is 0.337 e. The minimum Gasteiger partial charge on any atom is -0.337 e. The van der Waals surface area contributed by atoms with Gasteiger partial charge in [0.1, 0.15) is 11.6 Å². The molecule has 0 radical (unpaired) electrons. The Morgan fingerprint density at radius 1 is 0.795 bits per heavy atom. The monoisotopic (exact) mass is 516 g/mol. The zero-order valence-electron chi connectivity index (χ0n) is 20.9. The standard InChI is InChI=1S/C31H22F2N6/c1-19-27-28(23-14-5-6-15-24(23)33)38-26-17-8-7-16-25(26)35-29(34-21-11-9-10-20(32)18-21)31(38)36-30(27)39(37-19)22-12-3-2-4-13-22/h2-18,28H,1H3,(H,34,35)/t28-/m0/s1. The van der Waals surface area contributed by atoms with E-state index < -0.39 is 6.04 Å². The van der Waals surface area contributed by atoms with E-state index in [0.29, 0.717) is 34.4 Å². The van der Waals surface area contributed by atoms with Gasteiger partial charge in [-0.3, -0.25) is 0 Å². The lowest BCUT2D eigenvalue weighted by Crippen LogP contribution is -2.46. The van der Waals surface area contributed by atoms with Gasteiger partial charge in [-0.2, -0.15) is 5.10 Å². The average molecular weight is 517 g/mol. The first-order chi connectivity index (χ1) is 19.1. The van der Waals surface area contributed by atoms with Crippen LogP contribution < -0.4 is 10.2 Å². The van der Waals surface area contributed by atoms with Crippen LogP contribution in [-0.4, -0.2) is 21.5 Å². The predicted molar refractivity (Wildman–Crippen MR) is 150 cm³/mol. The maximum atomic E-state index is 15.6. The number of fused-ring (bicyclic) bond motifs is 4. The van der Waals surface area contributed by atoms with Crippen molar-refractivity contribution in [2.45, 2.75) is 13.0 Å². The van der Waals surface area contributed by atoms with Crippen molar-refractivity contribution in [3.63, 3.8) is 0 Å². The maximum Gasteiger partial charge on any atom is 0.179 e. The SMILES string of the molecule is Cc1nn(-c2ccccc2)c2c1[C@H](c1ccccc1F)N1C(=N2)C(Nc2cccc(F)c2)=Nc2ccccc21. The van der Waals surface area contributed by atoms with Crippen LogP contribution in [0.4, 0.5) is 31.7 Å². The van der Waals surface area contributed by atoms with Gasteiger partial charge in [0.05, 0.1) is 28.8 Å². The molecule has 39 heavy (non-hydrogen) atoms. The number of amidine groups is 2. The number of hydrogen-bond acceptors (Lipinski definition) is 5. The van der Waals surface area contributed by atoms with E-state index in [0.717, 1.165) is 22.6 Å². The first-order valence-corrected chi connectivity index (χ1v) is 12.6. The number of aliphatic imine (C=N–C) groups is 2. The third-order valence-electron chi connectivity index (χ3n) is 6.93. The molecule has 5 aromatic rings. The Kier molecular flexibility index (Phi) is 5.33. The third kappa shape index (κ3) is 3.80. The number of aryl methyl sites for hydroxylation is 1. The van der Waals surface area contributed by atoms with Gasteiger partial charge in [-0.05, 0) is 55.5 Å². The fourth-order valence-electron chi connectivity index (χ4n) is 5.24. The molecule has 2 aliphatic heterocycles. The Labute approximate surface area is 223 Å². The number of nitrogens with one attached hydrogen (secondary N) is 1. The molecule has 190 valence electrons. The van der Waals surface area contributed by atoms with E-state index in [-0.39, 0.29) is 11.6 Å². The van der Waals surface area contributed by atoms with Crippen LogP contribution in [0.25, 0.3) is 5.69 Å². The zero-order valence-corrected chi connectivity index (χ0v) is 20.9. The number of anilines is 2. The van der Waals surface area contributed by atoms with Gasteiger partial charge < -0.3 is 10.2 Å². The molecule has 0 bridgehead atoms. The average Bonchev–Trinajstić information content (AvgIpc) is 3.29. The molecule has 8 heteroatoms. The number of para-hydroxylation sites is 3. The maximum absolute atomic E-state index is 15.6. The summed E-state index contributed by atoms with van der Waals surface area (Å²) >= 11 is 0. The second-order valence-corrected chi connectivity index (χ2v) is 9.38. The molecule has 1 aromatic heterocycles. The van der Waals surface area contributed by atoms with Crippen LogP contribution in [0.5, 0.6) is 0 Å². The van der Waals surface area contributed by atoms with E-state index in [4.69, 9.17) is 15.1 Å². The van der Waals surface area contributed by atoms with E-state index in [2.05, 4.69) is 5.32 Å². The second kappa shape index (κ2) is 9.02. The van der Waals surface area contributed by atoms with Crippen molar-refractivity contribution < 1.29 is 8.78 Å². The molecule has 0 aliphatic carbocycles. The highest BCUT2D eigenvalue weighted by atomic mass is 19.1. The molecule has 3 heterocycles. The van der Waals surface area contributed by atoms with E-state index in [9.17, 15) is 4.39 Å². The Hall–Kier alpha value is -5.11. The van der Waals surface area contributed by atoms with E-state index in [1.54, 1.807) is 28.9 Å². The van der Waals surface area contributed by atoms with Gasteiger partial charge in [0.2, 0.25) is 0 Å². The van der Waals surface area contributed by atoms with Crippen molar-refractivity contribution in [2.75, 3.05) is 10.2 Å². The number of benzene rings is 4. The Morgan fingerprint density at radius 2 is 1.56 bits per heavy atom. The molecular weight excluding hydrogens is 494 g/mol. The lowest BCUT2D eigenvalue weighted by Gasteiger charge is -2.40. The Balaban J connectivity index is 1.52. The van der Waals surface area contributed by atoms with Gasteiger partial charge in [0.25, 0.3) is 0 Å². The molecule has 0 saturated carbocycles. The van der Waals surface area contributed by atoms with Crippen LogP contribution in [0.1, 0.15) is 22.9 Å². The van der Waals surface area contributed by atoms with Gasteiger partial charge >= 0.3 is 0 Å². The highest BCUT2D eigenvalue weighted by Crippen LogP contribution is 2.48. The molecule has 0 fully saturated rings. The van der Waals surface area contributed by atoms with E-state index >= 15 is 4.39 Å². The van der Waals surface area contributed by atoms with Crippen molar-refractivity contribution in [3.05, 3.63) is 132 Å². The Morgan fingerprint density at radius 3 is 2.38 bits per heavy atom. The molecule has 0 amide bonds. The minimum atomic E-state index is -0.577. The van der Waals surface area contributed by atoms with Gasteiger partial charge in [-0.15, -0.1) is 0 Å². The predicted octanol–water partition coefficient (Wildman–Crippen LogP) is 7.25. The smallest absolute Gasteiger partial charge is 0.179 e. The summed E-state index contributed by atoms with van der Waals surface area (Å²) < 4.78 is 31.4. The molecule has 1 atom stereocenters. The Bertz CT molecular complexity index is 1790. The van der Waals surface area contributed by atoms with Crippen molar-refractivity contribution in [1.29, 1.82) is 0 Å². The number of nitrogens with zero attached hydrogens (tertiary/aromatic N) is 5. The molecule has 0 unspecified atom stereocenters. The third-order valence-corrected chi connectivity index (χ3v) is 6.93. The lowest BCUT2D eigenvalue weighted by molar-refractivity contribution is 0.597. The summed E-state index contributed by atoms with van der Waals surface area (Å²) in [5.41, 5.74) is 4.86. The van der Waals surface area contributed by atoms with Gasteiger partial charge in [0.15, 0.2) is 17.5 Å². The molecular formula is C31H22F2N6. The second-order valence-electron chi connectivity index (χ2n) is 9.38. The van der Waals surface area contributed by atoms with Crippen LogP contribution in [0.15, 0.2) is 113 Å². The van der Waals surface area contributed by atoms with Crippen molar-refractivity contribution in [2.24, 2.45) is 9.98 Å². The quantitative estimate of drug-likeness (QED) is 0.275. The van der Waals surface area contributed by atoms with Crippen LogP contribution in [0.3, 0.4) is 0 Å². The number of hydrogen-bond donors (Lipinski definition) is 1. The molecule has 0 saturated heterocycles. The number of rotatable bonds is 3. The minimum absolute atomic E-state index is 0.332. The van der Waals surface area contributed by atoms with Crippen molar-refractivity contribution >= 4 is 34.6 Å². The van der Waals surface area contributed by atoms with E-state index in [1.165, 1.54) is 18.2 Å². The fraction of sp³-hybridized carbons (Fsp3) is 0.0645. The van der Waals surface area contributed by atoms with Crippen molar-refractivity contribution in [3.8, 4) is 5.69 Å². The summed E-state index contributed by atoms with van der Waals surface area (Å²) in [6, 6.07) is 29.7. The first-order valence-electron chi connectivity index (χ1n) is 12.6. The molecule has 7 rings (SSSR count). The summed E-state index contributed by atoms with van der Waals surface area (Å²) in [6.07, 6.45) is 0. The summed E-state index contributed by atoms with van der Waals surface area (Å²) in [4.78, 5) is 12.0. The summed E-state index contributed by atoms with van der Waals surface area (Å²) in [6.45, 7) is 1.92. The normalized spacial score (nSPS) is 15.6. The number of halogens is 2. The van der Waals surface area contributed by atoms with Gasteiger partial charge in [-0.25, -0.2) is 23.4 Å². The molecule has 1 N–H and O–H groups in total. The number of aromatic nitrogens is 2. The van der Waals surface area contributed by atoms with Crippen LogP contribution in [0, 0.1) is 18.6 Å². The zero-order chi connectivity index (χ0) is 26.5. The van der Waals surface area contributed by atoms with Crippen molar-refractivity contribution in [1.82, 2.24) is 9.78 Å². The first kappa shape index (κ1) is 23.0. The van der Waals surface area contributed by atoms with Crippen LogP contribution >= 0.6 is 0 Å². The summed E-state index contributed by atoms with van der Waals surface area (Å²) in [7, 11) is 0. The van der Waals surface area contributed by atoms with Gasteiger partial charge in [-0.1, -0.05) is 54.6 Å². The molecule has 6 nitrogen and oxygen atoms in total. The van der Waals surface area contributed by atoms with E-state index in [1.807, 2.05) is 72.5 Å². The van der Waals surface area contributed by atoms with Crippen LogP contribution in [0.2, 0.25) is 0 Å². The highest BCUT2D eigenvalue weighted by molar-refractivity contribution is 6.51. The van der Waals surface area contributed by atoms with Crippen LogP contribution in [-0.2, 0) is 0 Å². The summed E-state index contributed by atoms with van der Waals surface area (Å²) in [5.74, 6) is 0.789. The topological polar surface area (TPSA) is 57.8 Å². The fourth-order valence-corrected chi connectivity index (χ4v) is 5.24. The molecule has 2 aliphatic rings. The molecule has 4 aromatic carbocycles. The summed E-state index contributed by atoms with van der Waals surface area (Å²) in [5, 5.41) is 8.11. The lowest BCUT2D eigenvalue weighted by atomic mass is 9.93. The molecule has 0 spiro atoms.